The van der Waals surface area contributed by atoms with Crippen molar-refractivity contribution in [2.75, 3.05) is 12.3 Å². The molecule has 0 atom stereocenters. The third-order valence-electron chi connectivity index (χ3n) is 2.59. The number of rotatable bonds is 4. The number of carbonyl (C=O) groups is 1. The Hall–Kier alpha value is -2.04. The molecular formula is C12H16N4O. The summed E-state index contributed by atoms with van der Waals surface area (Å²) in [6.45, 7) is 3.13. The second-order valence-electron chi connectivity index (χ2n) is 3.89. The number of benzene rings is 1. The van der Waals surface area contributed by atoms with Crippen LogP contribution in [0.4, 0.5) is 5.69 Å². The Morgan fingerprint density at radius 3 is 3.12 bits per heavy atom. The molecule has 1 heterocycles. The van der Waals surface area contributed by atoms with Crippen molar-refractivity contribution in [3.8, 4) is 0 Å². The van der Waals surface area contributed by atoms with Crippen LogP contribution in [0, 0.1) is 0 Å². The van der Waals surface area contributed by atoms with Gasteiger partial charge < -0.3 is 11.1 Å². The number of nitrogens with zero attached hydrogens (tertiary/aromatic N) is 2. The predicted molar refractivity (Wildman–Crippen MR) is 67.4 cm³/mol. The van der Waals surface area contributed by atoms with Gasteiger partial charge in [-0.1, -0.05) is 0 Å². The standard InChI is InChI=1S/C12H16N4O/c1-2-14-12(17)5-6-16-11-7-10(13)4-3-9(11)8-15-16/h3-4,7-8H,2,5-6,13H2,1H3,(H,14,17). The van der Waals surface area contributed by atoms with E-state index in [9.17, 15) is 4.79 Å². The number of hydrogen-bond donors (Lipinski definition) is 2. The average Bonchev–Trinajstić information content (AvgIpc) is 2.69. The van der Waals surface area contributed by atoms with Crippen molar-refractivity contribution in [3.63, 3.8) is 0 Å². The maximum Gasteiger partial charge on any atom is 0.221 e. The van der Waals surface area contributed by atoms with Gasteiger partial charge in [0.15, 0.2) is 0 Å². The summed E-state index contributed by atoms with van der Waals surface area (Å²) >= 11 is 0. The minimum Gasteiger partial charge on any atom is -0.399 e. The van der Waals surface area contributed by atoms with Crippen LogP contribution in [0.15, 0.2) is 24.4 Å². The van der Waals surface area contributed by atoms with Crippen LogP contribution in [0.5, 0.6) is 0 Å². The molecule has 90 valence electrons. The Balaban J connectivity index is 2.13. The Kier molecular flexibility index (Phi) is 3.27. The molecule has 2 rings (SSSR count). The lowest BCUT2D eigenvalue weighted by Gasteiger charge is -2.04. The van der Waals surface area contributed by atoms with Crippen LogP contribution in [-0.2, 0) is 11.3 Å². The largest absolute Gasteiger partial charge is 0.399 e. The summed E-state index contributed by atoms with van der Waals surface area (Å²) in [7, 11) is 0. The zero-order valence-corrected chi connectivity index (χ0v) is 9.81. The summed E-state index contributed by atoms with van der Waals surface area (Å²) in [6, 6.07) is 5.65. The molecule has 0 spiro atoms. The monoisotopic (exact) mass is 232 g/mol. The topological polar surface area (TPSA) is 72.9 Å². The first kappa shape index (κ1) is 11.4. The van der Waals surface area contributed by atoms with Crippen molar-refractivity contribution < 1.29 is 4.79 Å². The number of nitrogen functional groups attached to an aromatic ring is 1. The zero-order chi connectivity index (χ0) is 12.3. The second kappa shape index (κ2) is 4.86. The van der Waals surface area contributed by atoms with Crippen LogP contribution in [-0.4, -0.2) is 22.2 Å². The minimum absolute atomic E-state index is 0.0417. The molecule has 0 aliphatic heterocycles. The Morgan fingerprint density at radius 1 is 1.53 bits per heavy atom. The fourth-order valence-electron chi connectivity index (χ4n) is 1.76. The van der Waals surface area contributed by atoms with Crippen LogP contribution >= 0.6 is 0 Å². The van der Waals surface area contributed by atoms with E-state index >= 15 is 0 Å². The highest BCUT2D eigenvalue weighted by atomic mass is 16.1. The molecule has 0 saturated carbocycles. The highest BCUT2D eigenvalue weighted by Crippen LogP contribution is 2.17. The number of amides is 1. The molecule has 0 saturated heterocycles. The van der Waals surface area contributed by atoms with Gasteiger partial charge in [-0.05, 0) is 25.1 Å². The third-order valence-corrected chi connectivity index (χ3v) is 2.59. The van der Waals surface area contributed by atoms with Crippen LogP contribution in [0.25, 0.3) is 10.9 Å². The van der Waals surface area contributed by atoms with Crippen LogP contribution < -0.4 is 11.1 Å². The highest BCUT2D eigenvalue weighted by molar-refractivity contribution is 5.82. The van der Waals surface area contributed by atoms with Crippen molar-refractivity contribution in [1.29, 1.82) is 0 Å². The first-order chi connectivity index (χ1) is 8.20. The first-order valence-corrected chi connectivity index (χ1v) is 5.68. The molecule has 5 heteroatoms. The van der Waals surface area contributed by atoms with E-state index in [0.29, 0.717) is 25.2 Å². The van der Waals surface area contributed by atoms with Crippen molar-refractivity contribution in [1.82, 2.24) is 15.1 Å². The first-order valence-electron chi connectivity index (χ1n) is 5.68. The molecule has 5 nitrogen and oxygen atoms in total. The van der Waals surface area contributed by atoms with E-state index in [-0.39, 0.29) is 5.91 Å². The summed E-state index contributed by atoms with van der Waals surface area (Å²) in [6.07, 6.45) is 2.21. The van der Waals surface area contributed by atoms with Gasteiger partial charge in [-0.15, -0.1) is 0 Å². The van der Waals surface area contributed by atoms with Gasteiger partial charge in [0.2, 0.25) is 5.91 Å². The fourth-order valence-corrected chi connectivity index (χ4v) is 1.76. The van der Waals surface area contributed by atoms with Crippen LogP contribution in [0.1, 0.15) is 13.3 Å². The Bertz CT molecular complexity index is 532. The second-order valence-corrected chi connectivity index (χ2v) is 3.89. The number of aromatic nitrogens is 2. The lowest BCUT2D eigenvalue weighted by atomic mass is 10.2. The minimum atomic E-state index is 0.0417. The van der Waals surface area contributed by atoms with E-state index < -0.39 is 0 Å². The van der Waals surface area contributed by atoms with E-state index in [0.717, 1.165) is 10.9 Å². The highest BCUT2D eigenvalue weighted by Gasteiger charge is 2.05. The fraction of sp³-hybridized carbons (Fsp3) is 0.333. The number of carbonyl (C=O) groups excluding carboxylic acids is 1. The van der Waals surface area contributed by atoms with Crippen molar-refractivity contribution in [3.05, 3.63) is 24.4 Å². The van der Waals surface area contributed by atoms with Crippen LogP contribution in [0.3, 0.4) is 0 Å². The normalized spacial score (nSPS) is 10.6. The molecular weight excluding hydrogens is 216 g/mol. The average molecular weight is 232 g/mol. The number of nitrogens with two attached hydrogens (primary N) is 1. The maximum absolute atomic E-state index is 11.4. The van der Waals surface area contributed by atoms with E-state index in [1.807, 2.05) is 25.1 Å². The van der Waals surface area contributed by atoms with Gasteiger partial charge in [0.05, 0.1) is 18.3 Å². The summed E-state index contributed by atoms with van der Waals surface area (Å²) in [5, 5.41) is 8.05. The number of nitrogens with one attached hydrogen (secondary N) is 1. The number of hydrogen-bond acceptors (Lipinski definition) is 3. The van der Waals surface area contributed by atoms with Gasteiger partial charge in [0.25, 0.3) is 0 Å². The molecule has 1 aromatic carbocycles. The van der Waals surface area contributed by atoms with E-state index in [4.69, 9.17) is 5.73 Å². The summed E-state index contributed by atoms with van der Waals surface area (Å²) in [5.41, 5.74) is 7.41. The summed E-state index contributed by atoms with van der Waals surface area (Å²) in [5.74, 6) is 0.0417. The van der Waals surface area contributed by atoms with Crippen molar-refractivity contribution >= 4 is 22.5 Å². The van der Waals surface area contributed by atoms with E-state index in [2.05, 4.69) is 10.4 Å². The molecule has 17 heavy (non-hydrogen) atoms. The van der Waals surface area contributed by atoms with Gasteiger partial charge in [-0.25, -0.2) is 0 Å². The zero-order valence-electron chi connectivity index (χ0n) is 9.81. The van der Waals surface area contributed by atoms with Crippen LogP contribution in [0.2, 0.25) is 0 Å². The summed E-state index contributed by atoms with van der Waals surface area (Å²) < 4.78 is 1.81. The van der Waals surface area contributed by atoms with Gasteiger partial charge in [0.1, 0.15) is 0 Å². The molecule has 0 aliphatic rings. The lowest BCUT2D eigenvalue weighted by molar-refractivity contribution is -0.121. The molecule has 3 N–H and O–H groups in total. The quantitative estimate of drug-likeness (QED) is 0.776. The molecule has 1 aromatic heterocycles. The van der Waals surface area contributed by atoms with E-state index in [1.165, 1.54) is 0 Å². The van der Waals surface area contributed by atoms with E-state index in [1.54, 1.807) is 10.9 Å². The van der Waals surface area contributed by atoms with Crippen molar-refractivity contribution in [2.24, 2.45) is 0 Å². The van der Waals surface area contributed by atoms with Gasteiger partial charge in [0, 0.05) is 24.0 Å². The number of fused-ring (bicyclic) bond motifs is 1. The molecule has 0 aliphatic carbocycles. The molecule has 2 aromatic rings. The third kappa shape index (κ3) is 2.55. The molecule has 0 fully saturated rings. The predicted octanol–water partition coefficient (Wildman–Crippen LogP) is 1.14. The number of aryl methyl sites for hydroxylation is 1. The van der Waals surface area contributed by atoms with Gasteiger partial charge in [-0.3, -0.25) is 9.48 Å². The number of anilines is 1. The van der Waals surface area contributed by atoms with Gasteiger partial charge in [-0.2, -0.15) is 5.10 Å². The van der Waals surface area contributed by atoms with Gasteiger partial charge >= 0.3 is 0 Å². The molecule has 0 bridgehead atoms. The Labute approximate surface area is 99.6 Å². The summed E-state index contributed by atoms with van der Waals surface area (Å²) in [4.78, 5) is 11.4. The molecule has 1 amide bonds. The lowest BCUT2D eigenvalue weighted by Crippen LogP contribution is -2.23. The molecule has 0 radical (unpaired) electrons. The van der Waals surface area contributed by atoms with Crippen molar-refractivity contribution in [2.45, 2.75) is 19.9 Å². The SMILES string of the molecule is CCNC(=O)CCn1ncc2ccc(N)cc21. The maximum atomic E-state index is 11.4. The Morgan fingerprint density at radius 2 is 2.35 bits per heavy atom. The smallest absolute Gasteiger partial charge is 0.221 e. The molecule has 0 unspecified atom stereocenters.